The second-order valence-electron chi connectivity index (χ2n) is 3.98. The standard InChI is InChI=1S/C13H14FN3/c1-8-6-10(4-5-11(8)14)12-7-9(2)13(15-3)17-16-12/h4-7H,1-3H3,(H,15,17). The molecule has 1 N–H and O–H groups in total. The highest BCUT2D eigenvalue weighted by Crippen LogP contribution is 2.22. The average molecular weight is 231 g/mol. The number of hydrogen-bond donors (Lipinski definition) is 1. The molecule has 0 radical (unpaired) electrons. The molecule has 0 unspecified atom stereocenters. The summed E-state index contributed by atoms with van der Waals surface area (Å²) in [6.07, 6.45) is 0. The lowest BCUT2D eigenvalue weighted by atomic mass is 10.1. The number of halogens is 1. The van der Waals surface area contributed by atoms with Crippen LogP contribution in [0.25, 0.3) is 11.3 Å². The van der Waals surface area contributed by atoms with E-state index in [9.17, 15) is 4.39 Å². The number of rotatable bonds is 2. The zero-order chi connectivity index (χ0) is 12.4. The van der Waals surface area contributed by atoms with Crippen LogP contribution in [0.15, 0.2) is 24.3 Å². The Bertz CT molecular complexity index is 552. The molecule has 4 heteroatoms. The van der Waals surface area contributed by atoms with Crippen molar-refractivity contribution in [2.45, 2.75) is 13.8 Å². The van der Waals surface area contributed by atoms with Crippen LogP contribution in [-0.2, 0) is 0 Å². The molecule has 0 fully saturated rings. The third kappa shape index (κ3) is 2.25. The molecule has 0 atom stereocenters. The first-order valence-electron chi connectivity index (χ1n) is 5.40. The number of anilines is 1. The normalized spacial score (nSPS) is 10.4. The van der Waals surface area contributed by atoms with Gasteiger partial charge in [-0.3, -0.25) is 0 Å². The zero-order valence-corrected chi connectivity index (χ0v) is 10.1. The minimum atomic E-state index is -0.203. The molecule has 0 aliphatic heterocycles. The van der Waals surface area contributed by atoms with Gasteiger partial charge in [-0.1, -0.05) is 0 Å². The van der Waals surface area contributed by atoms with Gasteiger partial charge in [0.05, 0.1) is 5.69 Å². The van der Waals surface area contributed by atoms with E-state index in [4.69, 9.17) is 0 Å². The maximum atomic E-state index is 13.2. The quantitative estimate of drug-likeness (QED) is 0.863. The van der Waals surface area contributed by atoms with Gasteiger partial charge in [0.2, 0.25) is 0 Å². The van der Waals surface area contributed by atoms with E-state index in [0.29, 0.717) is 5.56 Å². The monoisotopic (exact) mass is 231 g/mol. The Kier molecular flexibility index (Phi) is 3.04. The van der Waals surface area contributed by atoms with Gasteiger partial charge in [-0.15, -0.1) is 10.2 Å². The molecule has 0 saturated heterocycles. The van der Waals surface area contributed by atoms with Crippen molar-refractivity contribution in [3.63, 3.8) is 0 Å². The second-order valence-corrected chi connectivity index (χ2v) is 3.98. The summed E-state index contributed by atoms with van der Waals surface area (Å²) in [5, 5.41) is 11.1. The Morgan fingerprint density at radius 3 is 2.41 bits per heavy atom. The summed E-state index contributed by atoms with van der Waals surface area (Å²) in [4.78, 5) is 0. The first kappa shape index (κ1) is 11.5. The molecule has 0 spiro atoms. The highest BCUT2D eigenvalue weighted by molar-refractivity contribution is 5.62. The fourth-order valence-electron chi connectivity index (χ4n) is 1.68. The molecule has 2 aromatic rings. The molecule has 3 nitrogen and oxygen atoms in total. The van der Waals surface area contributed by atoms with Crippen LogP contribution >= 0.6 is 0 Å². The van der Waals surface area contributed by atoms with Crippen LogP contribution in [0.1, 0.15) is 11.1 Å². The number of hydrogen-bond acceptors (Lipinski definition) is 3. The Labute approximate surface area is 99.7 Å². The molecule has 1 aromatic heterocycles. The van der Waals surface area contributed by atoms with E-state index in [0.717, 1.165) is 22.6 Å². The predicted molar refractivity (Wildman–Crippen MR) is 66.4 cm³/mol. The summed E-state index contributed by atoms with van der Waals surface area (Å²) in [6, 6.07) is 6.88. The van der Waals surface area contributed by atoms with Gasteiger partial charge in [0.1, 0.15) is 5.82 Å². The fraction of sp³-hybridized carbons (Fsp3) is 0.231. The number of nitrogens with one attached hydrogen (secondary N) is 1. The molecule has 0 bridgehead atoms. The van der Waals surface area contributed by atoms with Crippen molar-refractivity contribution in [2.24, 2.45) is 0 Å². The summed E-state index contributed by atoms with van der Waals surface area (Å²) >= 11 is 0. The lowest BCUT2D eigenvalue weighted by molar-refractivity contribution is 0.618. The van der Waals surface area contributed by atoms with E-state index in [1.807, 2.05) is 13.0 Å². The summed E-state index contributed by atoms with van der Waals surface area (Å²) in [5.74, 6) is 0.554. The van der Waals surface area contributed by atoms with Crippen LogP contribution in [0.4, 0.5) is 10.2 Å². The summed E-state index contributed by atoms with van der Waals surface area (Å²) in [7, 11) is 1.80. The van der Waals surface area contributed by atoms with E-state index >= 15 is 0 Å². The first-order chi connectivity index (χ1) is 8.11. The minimum absolute atomic E-state index is 0.203. The van der Waals surface area contributed by atoms with Gasteiger partial charge in [-0.05, 0) is 49.2 Å². The SMILES string of the molecule is CNc1nnc(-c2ccc(F)c(C)c2)cc1C. The molecular formula is C13H14FN3. The molecule has 0 aliphatic carbocycles. The van der Waals surface area contributed by atoms with Crippen molar-refractivity contribution in [1.82, 2.24) is 10.2 Å². The van der Waals surface area contributed by atoms with Crippen molar-refractivity contribution in [3.8, 4) is 11.3 Å². The number of benzene rings is 1. The molecular weight excluding hydrogens is 217 g/mol. The Hall–Kier alpha value is -1.97. The molecule has 88 valence electrons. The fourth-order valence-corrected chi connectivity index (χ4v) is 1.68. The van der Waals surface area contributed by atoms with Gasteiger partial charge < -0.3 is 5.32 Å². The van der Waals surface area contributed by atoms with Crippen molar-refractivity contribution >= 4 is 5.82 Å². The van der Waals surface area contributed by atoms with Gasteiger partial charge in [0.25, 0.3) is 0 Å². The minimum Gasteiger partial charge on any atom is -0.371 e. The highest BCUT2D eigenvalue weighted by Gasteiger charge is 2.06. The molecule has 0 saturated carbocycles. The Morgan fingerprint density at radius 2 is 1.82 bits per heavy atom. The molecule has 1 aromatic carbocycles. The van der Waals surface area contributed by atoms with Gasteiger partial charge in [-0.25, -0.2) is 4.39 Å². The highest BCUT2D eigenvalue weighted by atomic mass is 19.1. The third-order valence-corrected chi connectivity index (χ3v) is 2.67. The van der Waals surface area contributed by atoms with Crippen molar-refractivity contribution in [2.75, 3.05) is 12.4 Å². The molecule has 17 heavy (non-hydrogen) atoms. The number of nitrogens with zero attached hydrogens (tertiary/aromatic N) is 2. The summed E-state index contributed by atoms with van der Waals surface area (Å²) < 4.78 is 13.2. The van der Waals surface area contributed by atoms with Crippen LogP contribution < -0.4 is 5.32 Å². The van der Waals surface area contributed by atoms with E-state index in [-0.39, 0.29) is 5.82 Å². The number of aromatic nitrogens is 2. The van der Waals surface area contributed by atoms with Crippen molar-refractivity contribution in [1.29, 1.82) is 0 Å². The molecule has 1 heterocycles. The van der Waals surface area contributed by atoms with E-state index in [2.05, 4.69) is 15.5 Å². The van der Waals surface area contributed by atoms with Crippen molar-refractivity contribution in [3.05, 3.63) is 41.2 Å². The average Bonchev–Trinajstić information content (AvgIpc) is 2.32. The maximum Gasteiger partial charge on any atom is 0.151 e. The van der Waals surface area contributed by atoms with E-state index < -0.39 is 0 Å². The van der Waals surface area contributed by atoms with Gasteiger partial charge in [0.15, 0.2) is 5.82 Å². The lowest BCUT2D eigenvalue weighted by Gasteiger charge is -2.06. The predicted octanol–water partition coefficient (Wildman–Crippen LogP) is 2.94. The topological polar surface area (TPSA) is 37.8 Å². The van der Waals surface area contributed by atoms with Crippen LogP contribution in [-0.4, -0.2) is 17.2 Å². The molecule has 2 rings (SSSR count). The molecule has 0 aliphatic rings. The zero-order valence-electron chi connectivity index (χ0n) is 10.1. The van der Waals surface area contributed by atoms with E-state index in [1.54, 1.807) is 26.1 Å². The molecule has 0 amide bonds. The largest absolute Gasteiger partial charge is 0.371 e. The Balaban J connectivity index is 2.46. The van der Waals surface area contributed by atoms with Gasteiger partial charge >= 0.3 is 0 Å². The van der Waals surface area contributed by atoms with Crippen molar-refractivity contribution < 1.29 is 4.39 Å². The summed E-state index contributed by atoms with van der Waals surface area (Å²) in [5.41, 5.74) is 3.26. The first-order valence-corrected chi connectivity index (χ1v) is 5.40. The van der Waals surface area contributed by atoms with Crippen LogP contribution in [0.2, 0.25) is 0 Å². The summed E-state index contributed by atoms with van der Waals surface area (Å²) in [6.45, 7) is 3.70. The second kappa shape index (κ2) is 4.49. The smallest absolute Gasteiger partial charge is 0.151 e. The Morgan fingerprint density at radius 1 is 1.06 bits per heavy atom. The van der Waals surface area contributed by atoms with E-state index in [1.165, 1.54) is 6.07 Å². The van der Waals surface area contributed by atoms with Gasteiger partial charge in [-0.2, -0.15) is 0 Å². The number of aryl methyl sites for hydroxylation is 2. The lowest BCUT2D eigenvalue weighted by Crippen LogP contribution is -1.99. The van der Waals surface area contributed by atoms with Gasteiger partial charge in [0, 0.05) is 12.6 Å². The maximum absolute atomic E-state index is 13.2. The van der Waals surface area contributed by atoms with Crippen LogP contribution in [0, 0.1) is 19.7 Å². The third-order valence-electron chi connectivity index (χ3n) is 2.67. The van der Waals surface area contributed by atoms with Crippen LogP contribution in [0.5, 0.6) is 0 Å². The van der Waals surface area contributed by atoms with Crippen LogP contribution in [0.3, 0.4) is 0 Å².